The molecule has 0 unspecified atom stereocenters. The highest BCUT2D eigenvalue weighted by Gasteiger charge is 2.15. The van der Waals surface area contributed by atoms with Crippen LogP contribution in [-0.2, 0) is 13.0 Å². The van der Waals surface area contributed by atoms with Gasteiger partial charge in [0.25, 0.3) is 5.91 Å². The molecule has 1 aromatic heterocycles. The molecule has 3 rings (SSSR count). The first kappa shape index (κ1) is 13.8. The van der Waals surface area contributed by atoms with Gasteiger partial charge in [0.05, 0.1) is 10.6 Å². The molecule has 0 spiro atoms. The second kappa shape index (κ2) is 5.65. The van der Waals surface area contributed by atoms with Gasteiger partial charge in [0.2, 0.25) is 6.79 Å². The Morgan fingerprint density at radius 2 is 2.14 bits per heavy atom. The van der Waals surface area contributed by atoms with Gasteiger partial charge in [-0.25, -0.2) is 0 Å². The minimum absolute atomic E-state index is 0.152. The second-order valence-electron chi connectivity index (χ2n) is 4.71. The molecule has 0 atom stereocenters. The molecular weight excluding hydrogens is 288 g/mol. The van der Waals surface area contributed by atoms with Gasteiger partial charge in [-0.05, 0) is 30.2 Å². The SMILES string of the molecule is CCc1cc(C(=O)NCc2ccc3c(c2)OCO3)c(N)s1. The van der Waals surface area contributed by atoms with Crippen LogP contribution in [0.1, 0.15) is 27.7 Å². The molecule has 0 saturated heterocycles. The number of thiophene rings is 1. The highest BCUT2D eigenvalue weighted by atomic mass is 32.1. The van der Waals surface area contributed by atoms with Crippen LogP contribution in [0.15, 0.2) is 24.3 Å². The molecular formula is C15H16N2O3S. The van der Waals surface area contributed by atoms with E-state index in [4.69, 9.17) is 15.2 Å². The van der Waals surface area contributed by atoms with Crippen LogP contribution in [0.3, 0.4) is 0 Å². The van der Waals surface area contributed by atoms with E-state index in [1.807, 2.05) is 31.2 Å². The first-order valence-corrected chi connectivity index (χ1v) is 7.54. The molecule has 21 heavy (non-hydrogen) atoms. The number of benzene rings is 1. The number of hydrogen-bond donors (Lipinski definition) is 2. The van der Waals surface area contributed by atoms with Crippen LogP contribution in [0, 0.1) is 0 Å². The Labute approximate surface area is 126 Å². The first-order chi connectivity index (χ1) is 10.2. The average Bonchev–Trinajstić information content (AvgIpc) is 3.10. The average molecular weight is 304 g/mol. The van der Waals surface area contributed by atoms with Gasteiger partial charge < -0.3 is 20.5 Å². The predicted molar refractivity (Wildman–Crippen MR) is 81.8 cm³/mol. The van der Waals surface area contributed by atoms with E-state index in [1.165, 1.54) is 11.3 Å². The van der Waals surface area contributed by atoms with Crippen molar-refractivity contribution < 1.29 is 14.3 Å². The summed E-state index contributed by atoms with van der Waals surface area (Å²) in [4.78, 5) is 13.3. The molecule has 0 radical (unpaired) electrons. The van der Waals surface area contributed by atoms with Crippen molar-refractivity contribution in [1.82, 2.24) is 5.32 Å². The summed E-state index contributed by atoms with van der Waals surface area (Å²) < 4.78 is 10.6. The van der Waals surface area contributed by atoms with Crippen LogP contribution in [0.5, 0.6) is 11.5 Å². The lowest BCUT2D eigenvalue weighted by atomic mass is 10.2. The summed E-state index contributed by atoms with van der Waals surface area (Å²) >= 11 is 1.46. The van der Waals surface area contributed by atoms with Crippen LogP contribution in [0.25, 0.3) is 0 Å². The molecule has 0 bridgehead atoms. The number of nitrogen functional groups attached to an aromatic ring is 1. The lowest BCUT2D eigenvalue weighted by Crippen LogP contribution is -2.23. The summed E-state index contributed by atoms with van der Waals surface area (Å²) in [5.41, 5.74) is 7.39. The number of nitrogens with one attached hydrogen (secondary N) is 1. The van der Waals surface area contributed by atoms with Crippen molar-refractivity contribution in [3.8, 4) is 11.5 Å². The molecule has 110 valence electrons. The number of rotatable bonds is 4. The minimum atomic E-state index is -0.152. The van der Waals surface area contributed by atoms with Crippen molar-refractivity contribution in [2.45, 2.75) is 19.9 Å². The van der Waals surface area contributed by atoms with Gasteiger partial charge in [-0.2, -0.15) is 0 Å². The van der Waals surface area contributed by atoms with Gasteiger partial charge in [-0.15, -0.1) is 11.3 Å². The zero-order chi connectivity index (χ0) is 14.8. The molecule has 2 heterocycles. The molecule has 3 N–H and O–H groups in total. The van der Waals surface area contributed by atoms with E-state index < -0.39 is 0 Å². The number of nitrogens with two attached hydrogens (primary N) is 1. The molecule has 6 heteroatoms. The number of aryl methyl sites for hydroxylation is 1. The Hall–Kier alpha value is -2.21. The smallest absolute Gasteiger partial charge is 0.254 e. The maximum absolute atomic E-state index is 12.2. The van der Waals surface area contributed by atoms with Crippen LogP contribution >= 0.6 is 11.3 Å². The fourth-order valence-corrected chi connectivity index (χ4v) is 3.00. The number of hydrogen-bond acceptors (Lipinski definition) is 5. The van der Waals surface area contributed by atoms with Gasteiger partial charge in [-0.1, -0.05) is 13.0 Å². The quantitative estimate of drug-likeness (QED) is 0.910. The zero-order valence-corrected chi connectivity index (χ0v) is 12.5. The third-order valence-corrected chi connectivity index (χ3v) is 4.40. The number of amides is 1. The van der Waals surface area contributed by atoms with E-state index in [9.17, 15) is 4.79 Å². The van der Waals surface area contributed by atoms with Crippen molar-refractivity contribution in [2.24, 2.45) is 0 Å². The van der Waals surface area contributed by atoms with Gasteiger partial charge >= 0.3 is 0 Å². The topological polar surface area (TPSA) is 73.6 Å². The van der Waals surface area contributed by atoms with Gasteiger partial charge in [0.1, 0.15) is 0 Å². The standard InChI is InChI=1S/C15H16N2O3S/c1-2-10-6-11(14(16)21-10)15(18)17-7-9-3-4-12-13(5-9)20-8-19-12/h3-6H,2,7-8,16H2,1H3,(H,17,18). The normalized spacial score (nSPS) is 12.4. The Bertz CT molecular complexity index is 682. The highest BCUT2D eigenvalue weighted by Crippen LogP contribution is 2.32. The predicted octanol–water partition coefficient (Wildman–Crippen LogP) is 2.55. The van der Waals surface area contributed by atoms with Crippen molar-refractivity contribution in [3.05, 3.63) is 40.3 Å². The van der Waals surface area contributed by atoms with Crippen molar-refractivity contribution in [2.75, 3.05) is 12.5 Å². The Balaban J connectivity index is 1.67. The van der Waals surface area contributed by atoms with E-state index in [1.54, 1.807) is 0 Å². The van der Waals surface area contributed by atoms with E-state index in [0.29, 0.717) is 22.9 Å². The molecule has 1 aliphatic rings. The molecule has 5 nitrogen and oxygen atoms in total. The van der Waals surface area contributed by atoms with E-state index >= 15 is 0 Å². The van der Waals surface area contributed by atoms with Gasteiger partial charge in [0.15, 0.2) is 11.5 Å². The third kappa shape index (κ3) is 2.80. The number of carbonyl (C=O) groups is 1. The summed E-state index contributed by atoms with van der Waals surface area (Å²) in [5.74, 6) is 1.30. The van der Waals surface area contributed by atoms with Gasteiger partial charge in [0, 0.05) is 11.4 Å². The van der Waals surface area contributed by atoms with E-state index in [2.05, 4.69) is 5.32 Å². The van der Waals surface area contributed by atoms with Crippen molar-refractivity contribution >= 4 is 22.2 Å². The first-order valence-electron chi connectivity index (χ1n) is 6.72. The van der Waals surface area contributed by atoms with Crippen LogP contribution < -0.4 is 20.5 Å². The largest absolute Gasteiger partial charge is 0.454 e. The number of carbonyl (C=O) groups excluding carboxylic acids is 1. The molecule has 0 fully saturated rings. The lowest BCUT2D eigenvalue weighted by molar-refractivity contribution is 0.0952. The molecule has 0 aliphatic carbocycles. The summed E-state index contributed by atoms with van der Waals surface area (Å²) in [5, 5.41) is 3.44. The van der Waals surface area contributed by atoms with E-state index in [0.717, 1.165) is 22.6 Å². The lowest BCUT2D eigenvalue weighted by Gasteiger charge is -2.06. The Morgan fingerprint density at radius 3 is 2.90 bits per heavy atom. The summed E-state index contributed by atoms with van der Waals surface area (Å²) in [7, 11) is 0. The van der Waals surface area contributed by atoms with Crippen LogP contribution in [0.2, 0.25) is 0 Å². The molecule has 1 aliphatic heterocycles. The molecule has 2 aromatic rings. The fourth-order valence-electron chi connectivity index (χ4n) is 2.14. The molecule has 1 amide bonds. The maximum atomic E-state index is 12.2. The number of fused-ring (bicyclic) bond motifs is 1. The Kier molecular flexibility index (Phi) is 3.70. The van der Waals surface area contributed by atoms with Crippen LogP contribution in [-0.4, -0.2) is 12.7 Å². The highest BCUT2D eigenvalue weighted by molar-refractivity contribution is 7.16. The van der Waals surface area contributed by atoms with Crippen LogP contribution in [0.4, 0.5) is 5.00 Å². The molecule has 1 aromatic carbocycles. The monoisotopic (exact) mass is 304 g/mol. The van der Waals surface area contributed by atoms with Crippen molar-refractivity contribution in [1.29, 1.82) is 0 Å². The Morgan fingerprint density at radius 1 is 1.33 bits per heavy atom. The van der Waals surface area contributed by atoms with Gasteiger partial charge in [-0.3, -0.25) is 4.79 Å². The summed E-state index contributed by atoms with van der Waals surface area (Å²) in [6, 6.07) is 7.48. The van der Waals surface area contributed by atoms with E-state index in [-0.39, 0.29) is 12.7 Å². The fraction of sp³-hybridized carbons (Fsp3) is 0.267. The minimum Gasteiger partial charge on any atom is -0.454 e. The third-order valence-electron chi connectivity index (χ3n) is 3.29. The second-order valence-corrected chi connectivity index (χ2v) is 5.88. The summed E-state index contributed by atoms with van der Waals surface area (Å²) in [6.45, 7) is 2.71. The summed E-state index contributed by atoms with van der Waals surface area (Å²) in [6.07, 6.45) is 0.879. The maximum Gasteiger partial charge on any atom is 0.254 e. The molecule has 0 saturated carbocycles. The van der Waals surface area contributed by atoms with Crippen molar-refractivity contribution in [3.63, 3.8) is 0 Å². The number of ether oxygens (including phenoxy) is 2. The zero-order valence-electron chi connectivity index (χ0n) is 11.6. The number of anilines is 1.